The summed E-state index contributed by atoms with van der Waals surface area (Å²) in [6.45, 7) is 0. The zero-order valence-corrected chi connectivity index (χ0v) is 17.6. The average molecular weight is 479 g/mol. The van der Waals surface area contributed by atoms with Gasteiger partial charge in [0.2, 0.25) is 11.8 Å². The predicted octanol–water partition coefficient (Wildman–Crippen LogP) is 4.52. The first kappa shape index (κ1) is 21.8. The van der Waals surface area contributed by atoms with Crippen molar-refractivity contribution < 1.29 is 32.3 Å². The molecule has 2 aromatic heterocycles. The number of alkyl halides is 3. The number of rotatable bonds is 5. The van der Waals surface area contributed by atoms with Gasteiger partial charge >= 0.3 is 6.18 Å². The number of amides is 3. The summed E-state index contributed by atoms with van der Waals surface area (Å²) in [5.74, 6) is -3.38. The van der Waals surface area contributed by atoms with E-state index in [1.54, 1.807) is 11.4 Å². The lowest BCUT2D eigenvalue weighted by Crippen LogP contribution is -2.28. The Morgan fingerprint density at radius 3 is 2.25 bits per heavy atom. The van der Waals surface area contributed by atoms with Crippen LogP contribution in [0.25, 0.3) is 10.6 Å². The van der Waals surface area contributed by atoms with Gasteiger partial charge in [0.15, 0.2) is 5.13 Å². The van der Waals surface area contributed by atoms with Gasteiger partial charge in [-0.3, -0.25) is 29.4 Å². The molecule has 4 rings (SSSR count). The number of hydrogen-bond acceptors (Lipinski definition) is 7. The molecular formula is C20H12F3N3O4S2. The highest BCUT2D eigenvalue weighted by Gasteiger charge is 2.42. The minimum absolute atomic E-state index is 0.122. The van der Waals surface area contributed by atoms with Gasteiger partial charge in [-0.05, 0) is 35.7 Å². The Labute approximate surface area is 186 Å². The summed E-state index contributed by atoms with van der Waals surface area (Å²) in [7, 11) is 0. The maximum atomic E-state index is 13.0. The van der Waals surface area contributed by atoms with Crippen LogP contribution >= 0.6 is 22.7 Å². The second-order valence-electron chi connectivity index (χ2n) is 6.62. The number of carbonyl (C=O) groups excluding carboxylic acids is 4. The fourth-order valence-electron chi connectivity index (χ4n) is 3.03. The summed E-state index contributed by atoms with van der Waals surface area (Å²) in [5, 5.41) is 3.86. The van der Waals surface area contributed by atoms with E-state index in [1.807, 2.05) is 0 Å². The fourth-order valence-corrected chi connectivity index (χ4v) is 4.75. The number of Topliss-reactive ketones (excluding diaryl/α,β-unsaturated/α-hetero) is 1. The minimum atomic E-state index is -5.08. The highest BCUT2D eigenvalue weighted by Crippen LogP contribution is 2.37. The van der Waals surface area contributed by atoms with Crippen LogP contribution in [0.2, 0.25) is 0 Å². The molecule has 0 radical (unpaired) electrons. The Balaban J connectivity index is 1.57. The number of hydrogen-bond donors (Lipinski definition) is 1. The third kappa shape index (κ3) is 4.18. The number of thiophene rings is 1. The highest BCUT2D eigenvalue weighted by atomic mass is 32.1. The van der Waals surface area contributed by atoms with Crippen molar-refractivity contribution in [3.05, 3.63) is 52.2 Å². The van der Waals surface area contributed by atoms with Gasteiger partial charge in [-0.25, -0.2) is 4.98 Å². The topological polar surface area (TPSA) is 96.4 Å². The molecule has 1 saturated heterocycles. The predicted molar refractivity (Wildman–Crippen MR) is 112 cm³/mol. The zero-order valence-electron chi connectivity index (χ0n) is 15.9. The molecule has 1 fully saturated rings. The Morgan fingerprint density at radius 1 is 1.03 bits per heavy atom. The van der Waals surface area contributed by atoms with Crippen LogP contribution in [0.4, 0.5) is 24.0 Å². The molecule has 1 aliphatic rings. The van der Waals surface area contributed by atoms with E-state index in [0.717, 1.165) is 16.2 Å². The largest absolute Gasteiger partial charge is 0.455 e. The minimum Gasteiger partial charge on any atom is -0.298 e. The molecule has 1 N–H and O–H groups in total. The van der Waals surface area contributed by atoms with Crippen LogP contribution in [0.3, 0.4) is 0 Å². The number of aromatic nitrogens is 1. The van der Waals surface area contributed by atoms with Gasteiger partial charge in [0, 0.05) is 18.4 Å². The van der Waals surface area contributed by atoms with E-state index in [9.17, 15) is 32.3 Å². The van der Waals surface area contributed by atoms with E-state index in [1.165, 1.54) is 30.3 Å². The van der Waals surface area contributed by atoms with Crippen molar-refractivity contribution in [2.45, 2.75) is 19.0 Å². The van der Waals surface area contributed by atoms with Gasteiger partial charge in [-0.1, -0.05) is 17.4 Å². The second kappa shape index (κ2) is 8.28. The lowest BCUT2D eigenvalue weighted by atomic mass is 10.2. The van der Waals surface area contributed by atoms with Gasteiger partial charge in [0.25, 0.3) is 11.7 Å². The van der Waals surface area contributed by atoms with Crippen molar-refractivity contribution >= 4 is 57.0 Å². The molecule has 3 aromatic rings. The van der Waals surface area contributed by atoms with Crippen molar-refractivity contribution in [2.24, 2.45) is 0 Å². The molecule has 0 saturated carbocycles. The maximum absolute atomic E-state index is 13.0. The van der Waals surface area contributed by atoms with Crippen molar-refractivity contribution in [1.82, 2.24) is 4.98 Å². The molecule has 0 bridgehead atoms. The van der Waals surface area contributed by atoms with E-state index in [4.69, 9.17) is 0 Å². The number of thiazole rings is 1. The highest BCUT2D eigenvalue weighted by molar-refractivity contribution is 7.19. The Morgan fingerprint density at radius 2 is 1.69 bits per heavy atom. The number of halogens is 3. The molecule has 32 heavy (non-hydrogen) atoms. The number of carbonyl (C=O) groups is 4. The molecule has 164 valence electrons. The standard InChI is InChI=1S/C20H12F3N3O4S2/c21-20(22,23)17(29)16-15(12-2-1-9-31-12)24-19(32-16)25-18(30)10-3-5-11(6-4-10)26-13(27)7-8-14(26)28/h1-6,9H,7-8H2,(H,24,25,30). The molecule has 0 aliphatic carbocycles. The van der Waals surface area contributed by atoms with Crippen molar-refractivity contribution in [3.63, 3.8) is 0 Å². The average Bonchev–Trinajstić information content (AvgIpc) is 3.47. The van der Waals surface area contributed by atoms with E-state index in [-0.39, 0.29) is 41.0 Å². The Bertz CT molecular complexity index is 1200. The van der Waals surface area contributed by atoms with Crippen LogP contribution < -0.4 is 10.2 Å². The third-order valence-electron chi connectivity index (χ3n) is 4.51. The van der Waals surface area contributed by atoms with Crippen molar-refractivity contribution in [2.75, 3.05) is 10.2 Å². The van der Waals surface area contributed by atoms with Gasteiger partial charge in [0.1, 0.15) is 10.6 Å². The van der Waals surface area contributed by atoms with Gasteiger partial charge < -0.3 is 0 Å². The van der Waals surface area contributed by atoms with E-state index >= 15 is 0 Å². The molecular weight excluding hydrogens is 467 g/mol. The summed E-state index contributed by atoms with van der Waals surface area (Å²) in [6.07, 6.45) is -4.84. The lowest BCUT2D eigenvalue weighted by Gasteiger charge is -2.13. The maximum Gasteiger partial charge on any atom is 0.455 e. The first-order valence-corrected chi connectivity index (χ1v) is 10.8. The molecule has 1 aliphatic heterocycles. The van der Waals surface area contributed by atoms with E-state index in [2.05, 4.69) is 10.3 Å². The first-order valence-electron chi connectivity index (χ1n) is 9.08. The number of nitrogens with zero attached hydrogens (tertiary/aromatic N) is 2. The summed E-state index contributed by atoms with van der Waals surface area (Å²) >= 11 is 1.55. The molecule has 0 spiro atoms. The smallest absolute Gasteiger partial charge is 0.298 e. The molecule has 0 atom stereocenters. The number of imide groups is 1. The molecule has 7 nitrogen and oxygen atoms in total. The first-order chi connectivity index (χ1) is 15.1. The fraction of sp³-hybridized carbons (Fsp3) is 0.150. The normalized spacial score (nSPS) is 14.2. The molecule has 0 unspecified atom stereocenters. The lowest BCUT2D eigenvalue weighted by molar-refractivity contribution is -0.121. The third-order valence-corrected chi connectivity index (χ3v) is 6.35. The van der Waals surface area contributed by atoms with Crippen LogP contribution in [0.15, 0.2) is 41.8 Å². The molecule has 3 heterocycles. The number of nitrogens with one attached hydrogen (secondary N) is 1. The quantitative estimate of drug-likeness (QED) is 0.429. The SMILES string of the molecule is O=C(Nc1nc(-c2cccs2)c(C(=O)C(F)(F)F)s1)c1ccc(N2C(=O)CCC2=O)cc1. The summed E-state index contributed by atoms with van der Waals surface area (Å²) < 4.78 is 39.0. The van der Waals surface area contributed by atoms with Crippen LogP contribution in [0, 0.1) is 0 Å². The monoisotopic (exact) mass is 479 g/mol. The van der Waals surface area contributed by atoms with Crippen molar-refractivity contribution in [1.29, 1.82) is 0 Å². The van der Waals surface area contributed by atoms with E-state index < -0.39 is 22.7 Å². The summed E-state index contributed by atoms with van der Waals surface area (Å²) in [5.41, 5.74) is 0.301. The van der Waals surface area contributed by atoms with Gasteiger partial charge in [-0.2, -0.15) is 13.2 Å². The zero-order chi connectivity index (χ0) is 23.0. The molecule has 12 heteroatoms. The van der Waals surface area contributed by atoms with E-state index in [0.29, 0.717) is 21.9 Å². The van der Waals surface area contributed by atoms with Crippen LogP contribution in [-0.4, -0.2) is 34.7 Å². The second-order valence-corrected chi connectivity index (χ2v) is 8.57. The Hall–Kier alpha value is -3.38. The number of anilines is 2. The van der Waals surface area contributed by atoms with Crippen LogP contribution in [-0.2, 0) is 9.59 Å². The molecule has 1 aromatic carbocycles. The number of ketones is 1. The summed E-state index contributed by atoms with van der Waals surface area (Å²) in [4.78, 5) is 52.8. The van der Waals surface area contributed by atoms with Crippen molar-refractivity contribution in [3.8, 4) is 10.6 Å². The Kier molecular flexibility index (Phi) is 5.65. The van der Waals surface area contributed by atoms with Gasteiger partial charge in [-0.15, -0.1) is 11.3 Å². The van der Waals surface area contributed by atoms with Crippen LogP contribution in [0.1, 0.15) is 32.9 Å². The molecule has 3 amide bonds. The van der Waals surface area contributed by atoms with Gasteiger partial charge in [0.05, 0.1) is 10.6 Å². The number of benzene rings is 1. The summed E-state index contributed by atoms with van der Waals surface area (Å²) in [6, 6.07) is 8.73. The van der Waals surface area contributed by atoms with Crippen LogP contribution in [0.5, 0.6) is 0 Å².